The van der Waals surface area contributed by atoms with E-state index >= 15 is 0 Å². The summed E-state index contributed by atoms with van der Waals surface area (Å²) in [4.78, 5) is 15.6. The lowest BCUT2D eigenvalue weighted by Gasteiger charge is -2.29. The number of alkyl halides is 3. The molecule has 0 saturated heterocycles. The van der Waals surface area contributed by atoms with Crippen molar-refractivity contribution in [3.63, 3.8) is 0 Å². The van der Waals surface area contributed by atoms with Gasteiger partial charge in [0.25, 0.3) is 0 Å². The molecular weight excluding hydrogens is 455 g/mol. The van der Waals surface area contributed by atoms with Gasteiger partial charge in [-0.2, -0.15) is 13.2 Å². The van der Waals surface area contributed by atoms with Crippen molar-refractivity contribution in [3.05, 3.63) is 41.3 Å². The fraction of sp³-hybridized carbons (Fsp3) is 0.583. The SMILES string of the molecule is CCCOC(CO[C@@H]1CCC[C@H](OCc2nc(-c3cccc(C(F)(F)F)c3)oc2C)C1)C(=O)O. The predicted molar refractivity (Wildman–Crippen MR) is 116 cm³/mol. The minimum absolute atomic E-state index is 0.0184. The number of aromatic nitrogens is 1. The Labute approximate surface area is 196 Å². The van der Waals surface area contributed by atoms with E-state index in [1.165, 1.54) is 12.1 Å². The average molecular weight is 485 g/mol. The highest BCUT2D eigenvalue weighted by Crippen LogP contribution is 2.32. The van der Waals surface area contributed by atoms with Crippen LogP contribution in [-0.2, 0) is 31.8 Å². The van der Waals surface area contributed by atoms with Gasteiger partial charge in [-0.1, -0.05) is 13.0 Å². The number of benzene rings is 1. The van der Waals surface area contributed by atoms with E-state index in [0.29, 0.717) is 24.5 Å². The first kappa shape index (κ1) is 26.2. The van der Waals surface area contributed by atoms with Crippen LogP contribution in [0.25, 0.3) is 11.5 Å². The van der Waals surface area contributed by atoms with E-state index in [1.807, 2.05) is 6.92 Å². The minimum Gasteiger partial charge on any atom is -0.479 e. The van der Waals surface area contributed by atoms with Crippen molar-refractivity contribution < 1.29 is 41.7 Å². The summed E-state index contributed by atoms with van der Waals surface area (Å²) in [7, 11) is 0. The number of aryl methyl sites for hydroxylation is 1. The molecule has 1 heterocycles. The van der Waals surface area contributed by atoms with Gasteiger partial charge in [0.05, 0.1) is 31.0 Å². The van der Waals surface area contributed by atoms with E-state index in [1.54, 1.807) is 6.92 Å². The molecule has 1 saturated carbocycles. The highest BCUT2D eigenvalue weighted by atomic mass is 19.4. The Morgan fingerprint density at radius 2 is 2.00 bits per heavy atom. The topological polar surface area (TPSA) is 91.0 Å². The number of carboxylic acid groups (broad SMARTS) is 1. The van der Waals surface area contributed by atoms with Crippen molar-refractivity contribution in [2.24, 2.45) is 0 Å². The van der Waals surface area contributed by atoms with Crippen LogP contribution in [0, 0.1) is 6.92 Å². The van der Waals surface area contributed by atoms with Gasteiger partial charge in [0.15, 0.2) is 6.10 Å². The average Bonchev–Trinajstić information content (AvgIpc) is 3.18. The van der Waals surface area contributed by atoms with Crippen LogP contribution in [0.15, 0.2) is 28.7 Å². The summed E-state index contributed by atoms with van der Waals surface area (Å²) in [5, 5.41) is 9.26. The van der Waals surface area contributed by atoms with Gasteiger partial charge in [-0.25, -0.2) is 9.78 Å². The molecule has 34 heavy (non-hydrogen) atoms. The molecule has 3 rings (SSSR count). The Kier molecular flexibility index (Phi) is 9.10. The summed E-state index contributed by atoms with van der Waals surface area (Å²) in [6.07, 6.45) is -1.84. The number of nitrogens with zero attached hydrogens (tertiary/aromatic N) is 1. The lowest BCUT2D eigenvalue weighted by atomic mass is 9.95. The van der Waals surface area contributed by atoms with Gasteiger partial charge in [0, 0.05) is 12.2 Å². The second-order valence-electron chi connectivity index (χ2n) is 8.35. The Hall–Kier alpha value is -2.43. The number of hydrogen-bond acceptors (Lipinski definition) is 6. The zero-order valence-electron chi connectivity index (χ0n) is 19.3. The molecule has 1 fully saturated rings. The van der Waals surface area contributed by atoms with Gasteiger partial charge in [0.2, 0.25) is 5.89 Å². The number of ether oxygens (including phenoxy) is 3. The van der Waals surface area contributed by atoms with Crippen LogP contribution in [0.4, 0.5) is 13.2 Å². The summed E-state index contributed by atoms with van der Waals surface area (Å²) >= 11 is 0. The number of carbonyl (C=O) groups is 1. The largest absolute Gasteiger partial charge is 0.479 e. The maximum absolute atomic E-state index is 13.0. The van der Waals surface area contributed by atoms with E-state index in [4.69, 9.17) is 18.6 Å². The van der Waals surface area contributed by atoms with Gasteiger partial charge in [-0.05, 0) is 57.2 Å². The molecule has 1 unspecified atom stereocenters. The van der Waals surface area contributed by atoms with Crippen molar-refractivity contribution in [2.75, 3.05) is 13.2 Å². The second-order valence-corrected chi connectivity index (χ2v) is 8.35. The number of hydrogen-bond donors (Lipinski definition) is 1. The Morgan fingerprint density at radius 3 is 2.68 bits per heavy atom. The standard InChI is InChI=1S/C24H30F3NO6/c1-3-10-31-21(23(29)30)14-33-19-9-5-8-18(12-19)32-13-20-15(2)34-22(28-20)16-6-4-7-17(11-16)24(25,26)27/h4,6-7,11,18-19,21H,3,5,8-10,12-14H2,1-2H3,(H,29,30)/t18-,19+,21?/m0/s1. The molecule has 0 bridgehead atoms. The third-order valence-corrected chi connectivity index (χ3v) is 5.65. The number of aliphatic carboxylic acids is 1. The molecule has 1 aliphatic rings. The molecule has 3 atom stereocenters. The van der Waals surface area contributed by atoms with Crippen molar-refractivity contribution in [2.45, 2.75) is 77.0 Å². The molecular formula is C24H30F3NO6. The van der Waals surface area contributed by atoms with Crippen LogP contribution in [0.5, 0.6) is 0 Å². The van der Waals surface area contributed by atoms with E-state index in [0.717, 1.165) is 37.8 Å². The lowest BCUT2D eigenvalue weighted by Crippen LogP contribution is -2.34. The lowest BCUT2D eigenvalue weighted by molar-refractivity contribution is -0.157. The van der Waals surface area contributed by atoms with Crippen LogP contribution < -0.4 is 0 Å². The number of carboxylic acids is 1. The summed E-state index contributed by atoms with van der Waals surface area (Å²) in [6, 6.07) is 4.84. The van der Waals surface area contributed by atoms with Gasteiger partial charge >= 0.3 is 12.1 Å². The van der Waals surface area contributed by atoms with Crippen LogP contribution >= 0.6 is 0 Å². The zero-order valence-corrected chi connectivity index (χ0v) is 19.3. The number of halogens is 3. The molecule has 10 heteroatoms. The highest BCUT2D eigenvalue weighted by Gasteiger charge is 2.31. The summed E-state index contributed by atoms with van der Waals surface area (Å²) in [5.74, 6) is -0.456. The van der Waals surface area contributed by atoms with Crippen LogP contribution in [0.2, 0.25) is 0 Å². The van der Waals surface area contributed by atoms with Gasteiger partial charge in [0.1, 0.15) is 11.5 Å². The van der Waals surface area contributed by atoms with Gasteiger partial charge in [-0.15, -0.1) is 0 Å². The monoisotopic (exact) mass is 485 g/mol. The predicted octanol–water partition coefficient (Wildman–Crippen LogP) is 5.39. The molecule has 1 aromatic heterocycles. The quantitative estimate of drug-likeness (QED) is 0.456. The van der Waals surface area contributed by atoms with Gasteiger partial charge < -0.3 is 23.7 Å². The molecule has 0 radical (unpaired) electrons. The Balaban J connectivity index is 1.54. The fourth-order valence-corrected chi connectivity index (χ4v) is 3.79. The fourth-order valence-electron chi connectivity index (χ4n) is 3.79. The van der Waals surface area contributed by atoms with Crippen LogP contribution in [-0.4, -0.2) is 47.6 Å². The van der Waals surface area contributed by atoms with Crippen molar-refractivity contribution >= 4 is 5.97 Å². The van der Waals surface area contributed by atoms with Crippen LogP contribution in [0.1, 0.15) is 56.0 Å². The first-order valence-corrected chi connectivity index (χ1v) is 11.4. The third kappa shape index (κ3) is 7.28. The molecule has 2 aromatic rings. The molecule has 1 aliphatic carbocycles. The van der Waals surface area contributed by atoms with E-state index in [-0.39, 0.29) is 36.9 Å². The van der Waals surface area contributed by atoms with Crippen molar-refractivity contribution in [1.29, 1.82) is 0 Å². The maximum atomic E-state index is 13.0. The molecule has 0 amide bonds. The normalized spacial score (nSPS) is 19.8. The summed E-state index contributed by atoms with van der Waals surface area (Å²) in [5.41, 5.74) is 0.0000687. The molecule has 7 nitrogen and oxygen atoms in total. The summed E-state index contributed by atoms with van der Waals surface area (Å²) in [6.45, 7) is 4.09. The second kappa shape index (κ2) is 11.8. The van der Waals surface area contributed by atoms with E-state index in [9.17, 15) is 23.1 Å². The first-order valence-electron chi connectivity index (χ1n) is 11.4. The maximum Gasteiger partial charge on any atom is 0.416 e. The van der Waals surface area contributed by atoms with E-state index < -0.39 is 23.8 Å². The first-order chi connectivity index (χ1) is 16.2. The van der Waals surface area contributed by atoms with Crippen molar-refractivity contribution in [1.82, 2.24) is 4.98 Å². The minimum atomic E-state index is -4.45. The van der Waals surface area contributed by atoms with Crippen molar-refractivity contribution in [3.8, 4) is 11.5 Å². The highest BCUT2D eigenvalue weighted by molar-refractivity contribution is 5.72. The molecule has 0 spiro atoms. The molecule has 1 N–H and O–H groups in total. The van der Waals surface area contributed by atoms with Crippen LogP contribution in [0.3, 0.4) is 0 Å². The Bertz CT molecular complexity index is 945. The Morgan fingerprint density at radius 1 is 1.26 bits per heavy atom. The molecule has 0 aliphatic heterocycles. The number of oxazole rings is 1. The third-order valence-electron chi connectivity index (χ3n) is 5.65. The summed E-state index contributed by atoms with van der Waals surface area (Å²) < 4.78 is 61.7. The number of rotatable bonds is 11. The molecule has 1 aromatic carbocycles. The van der Waals surface area contributed by atoms with E-state index in [2.05, 4.69) is 4.98 Å². The molecule has 188 valence electrons. The van der Waals surface area contributed by atoms with Gasteiger partial charge in [-0.3, -0.25) is 0 Å². The smallest absolute Gasteiger partial charge is 0.416 e. The zero-order chi connectivity index (χ0) is 24.7.